The Balaban J connectivity index is 1.87. The molecule has 0 aliphatic carbocycles. The summed E-state index contributed by atoms with van der Waals surface area (Å²) < 4.78 is 0. The van der Waals surface area contributed by atoms with Crippen LogP contribution in [-0.2, 0) is 15.0 Å². The van der Waals surface area contributed by atoms with Crippen molar-refractivity contribution in [2.75, 3.05) is 13.1 Å². The molecule has 24 heavy (non-hydrogen) atoms. The van der Waals surface area contributed by atoms with Crippen molar-refractivity contribution < 1.29 is 9.59 Å². The molecule has 0 atom stereocenters. The first-order valence-electron chi connectivity index (χ1n) is 8.95. The van der Waals surface area contributed by atoms with Gasteiger partial charge in [0, 0.05) is 25.6 Å². The van der Waals surface area contributed by atoms with E-state index in [1.807, 2.05) is 49.1 Å². The maximum Gasteiger partial charge on any atom is 0.230 e. The molecular weight excluding hydrogens is 300 g/mol. The van der Waals surface area contributed by atoms with Crippen LogP contribution in [0.2, 0.25) is 0 Å². The van der Waals surface area contributed by atoms with E-state index in [1.54, 1.807) is 0 Å². The SMILES string of the molecule is CC(C)CC(=O)N1CCC(NC(=O)C(C)(C)c2ccccc2)CC1. The van der Waals surface area contributed by atoms with Crippen molar-refractivity contribution >= 4 is 11.8 Å². The molecule has 2 rings (SSSR count). The van der Waals surface area contributed by atoms with Crippen molar-refractivity contribution in [3.8, 4) is 0 Å². The maximum atomic E-state index is 12.7. The summed E-state index contributed by atoms with van der Waals surface area (Å²) in [5, 5.41) is 3.18. The first-order chi connectivity index (χ1) is 11.3. The van der Waals surface area contributed by atoms with Crippen molar-refractivity contribution in [2.45, 2.75) is 58.4 Å². The van der Waals surface area contributed by atoms with Crippen LogP contribution in [0.5, 0.6) is 0 Å². The van der Waals surface area contributed by atoms with Gasteiger partial charge >= 0.3 is 0 Å². The molecule has 0 bridgehead atoms. The molecule has 4 heteroatoms. The van der Waals surface area contributed by atoms with Crippen molar-refractivity contribution in [1.29, 1.82) is 0 Å². The molecule has 2 amide bonds. The van der Waals surface area contributed by atoms with Gasteiger partial charge in [-0.1, -0.05) is 44.2 Å². The summed E-state index contributed by atoms with van der Waals surface area (Å²) in [7, 11) is 0. The van der Waals surface area contributed by atoms with Gasteiger partial charge in [-0.05, 0) is 38.2 Å². The average molecular weight is 330 g/mol. The zero-order chi connectivity index (χ0) is 17.7. The number of carbonyl (C=O) groups excluding carboxylic acids is 2. The van der Waals surface area contributed by atoms with Crippen LogP contribution in [0.1, 0.15) is 52.5 Å². The Hall–Kier alpha value is -1.84. The highest BCUT2D eigenvalue weighted by molar-refractivity contribution is 5.87. The third-order valence-corrected chi connectivity index (χ3v) is 4.83. The molecule has 0 aromatic heterocycles. The third kappa shape index (κ3) is 4.59. The van der Waals surface area contributed by atoms with Crippen LogP contribution in [-0.4, -0.2) is 35.8 Å². The van der Waals surface area contributed by atoms with Gasteiger partial charge in [-0.25, -0.2) is 0 Å². The number of nitrogens with one attached hydrogen (secondary N) is 1. The number of carbonyl (C=O) groups is 2. The fraction of sp³-hybridized carbons (Fsp3) is 0.600. The van der Waals surface area contributed by atoms with Crippen LogP contribution < -0.4 is 5.32 Å². The molecule has 0 saturated carbocycles. The number of hydrogen-bond acceptors (Lipinski definition) is 2. The van der Waals surface area contributed by atoms with Crippen LogP contribution in [0.15, 0.2) is 30.3 Å². The Morgan fingerprint density at radius 2 is 1.75 bits per heavy atom. The smallest absolute Gasteiger partial charge is 0.230 e. The predicted molar refractivity (Wildman–Crippen MR) is 96.7 cm³/mol. The molecule has 1 aliphatic heterocycles. The predicted octanol–water partition coefficient (Wildman–Crippen LogP) is 3.12. The van der Waals surface area contributed by atoms with Gasteiger partial charge in [-0.2, -0.15) is 0 Å². The van der Waals surface area contributed by atoms with Crippen molar-refractivity contribution in [2.24, 2.45) is 5.92 Å². The van der Waals surface area contributed by atoms with Gasteiger partial charge in [-0.3, -0.25) is 9.59 Å². The van der Waals surface area contributed by atoms with E-state index >= 15 is 0 Å². The second-order valence-electron chi connectivity index (χ2n) is 7.72. The highest BCUT2D eigenvalue weighted by Gasteiger charge is 2.32. The molecule has 1 fully saturated rings. The number of rotatable bonds is 5. The minimum atomic E-state index is -0.550. The lowest BCUT2D eigenvalue weighted by Crippen LogP contribution is -2.50. The summed E-state index contributed by atoms with van der Waals surface area (Å²) in [4.78, 5) is 26.8. The lowest BCUT2D eigenvalue weighted by Gasteiger charge is -2.35. The molecule has 0 spiro atoms. The largest absolute Gasteiger partial charge is 0.352 e. The van der Waals surface area contributed by atoms with Crippen LogP contribution in [0.4, 0.5) is 0 Å². The summed E-state index contributed by atoms with van der Waals surface area (Å²) in [6.45, 7) is 9.52. The van der Waals surface area contributed by atoms with E-state index in [0.29, 0.717) is 12.3 Å². The normalized spacial score (nSPS) is 16.3. The Bertz CT molecular complexity index is 558. The summed E-state index contributed by atoms with van der Waals surface area (Å²) in [5.41, 5.74) is 0.471. The van der Waals surface area contributed by atoms with E-state index < -0.39 is 5.41 Å². The number of amides is 2. The van der Waals surface area contributed by atoms with Crippen molar-refractivity contribution in [3.05, 3.63) is 35.9 Å². The molecule has 0 unspecified atom stereocenters. The summed E-state index contributed by atoms with van der Waals surface area (Å²) in [6, 6.07) is 10.0. The maximum absolute atomic E-state index is 12.7. The van der Waals surface area contributed by atoms with Crippen molar-refractivity contribution in [1.82, 2.24) is 10.2 Å². The second kappa shape index (κ2) is 7.82. The van der Waals surface area contributed by atoms with E-state index in [9.17, 15) is 9.59 Å². The van der Waals surface area contributed by atoms with Gasteiger partial charge in [0.05, 0.1) is 5.41 Å². The number of piperidine rings is 1. The van der Waals surface area contributed by atoms with Gasteiger partial charge in [0.25, 0.3) is 0 Å². The minimum absolute atomic E-state index is 0.0562. The van der Waals surface area contributed by atoms with E-state index in [1.165, 1.54) is 0 Å². The lowest BCUT2D eigenvalue weighted by atomic mass is 9.83. The summed E-state index contributed by atoms with van der Waals surface area (Å²) in [6.07, 6.45) is 2.28. The molecule has 1 aromatic rings. The van der Waals surface area contributed by atoms with Crippen LogP contribution in [0.3, 0.4) is 0 Å². The molecule has 1 heterocycles. The lowest BCUT2D eigenvalue weighted by molar-refractivity contribution is -0.133. The molecule has 1 aliphatic rings. The fourth-order valence-corrected chi connectivity index (χ4v) is 3.10. The first kappa shape index (κ1) is 18.5. The van der Waals surface area contributed by atoms with E-state index in [2.05, 4.69) is 19.2 Å². The standard InChI is InChI=1S/C20H30N2O2/c1-15(2)14-18(23)22-12-10-17(11-13-22)21-19(24)20(3,4)16-8-6-5-7-9-16/h5-9,15,17H,10-14H2,1-4H3,(H,21,24). The molecule has 132 valence electrons. The Labute approximate surface area is 145 Å². The number of benzene rings is 1. The molecule has 4 nitrogen and oxygen atoms in total. The van der Waals surface area contributed by atoms with E-state index in [4.69, 9.17) is 0 Å². The molecule has 1 saturated heterocycles. The van der Waals surface area contributed by atoms with Gasteiger partial charge < -0.3 is 10.2 Å². The molecule has 1 N–H and O–H groups in total. The molecule has 0 radical (unpaired) electrons. The zero-order valence-electron chi connectivity index (χ0n) is 15.3. The minimum Gasteiger partial charge on any atom is -0.352 e. The highest BCUT2D eigenvalue weighted by atomic mass is 16.2. The van der Waals surface area contributed by atoms with Gasteiger partial charge in [0.15, 0.2) is 0 Å². The van der Waals surface area contributed by atoms with E-state index in [-0.39, 0.29) is 17.9 Å². The van der Waals surface area contributed by atoms with Crippen LogP contribution >= 0.6 is 0 Å². The van der Waals surface area contributed by atoms with E-state index in [0.717, 1.165) is 31.5 Å². The Kier molecular flexibility index (Phi) is 6.03. The number of hydrogen-bond donors (Lipinski definition) is 1. The molecular formula is C20H30N2O2. The highest BCUT2D eigenvalue weighted by Crippen LogP contribution is 2.24. The third-order valence-electron chi connectivity index (χ3n) is 4.83. The number of nitrogens with zero attached hydrogens (tertiary/aromatic N) is 1. The average Bonchev–Trinajstić information content (AvgIpc) is 2.55. The summed E-state index contributed by atoms with van der Waals surface area (Å²) >= 11 is 0. The zero-order valence-corrected chi connectivity index (χ0v) is 15.3. The van der Waals surface area contributed by atoms with Gasteiger partial charge in [0.2, 0.25) is 11.8 Å². The Morgan fingerprint density at radius 3 is 2.29 bits per heavy atom. The second-order valence-corrected chi connectivity index (χ2v) is 7.72. The monoisotopic (exact) mass is 330 g/mol. The first-order valence-corrected chi connectivity index (χ1v) is 8.95. The number of likely N-dealkylation sites (tertiary alicyclic amines) is 1. The van der Waals surface area contributed by atoms with Crippen molar-refractivity contribution in [3.63, 3.8) is 0 Å². The summed E-state index contributed by atoms with van der Waals surface area (Å²) in [5.74, 6) is 0.682. The quantitative estimate of drug-likeness (QED) is 0.902. The Morgan fingerprint density at radius 1 is 1.17 bits per heavy atom. The van der Waals surface area contributed by atoms with Crippen LogP contribution in [0, 0.1) is 5.92 Å². The topological polar surface area (TPSA) is 49.4 Å². The molecule has 1 aromatic carbocycles. The van der Waals surface area contributed by atoms with Gasteiger partial charge in [0.1, 0.15) is 0 Å². The fourth-order valence-electron chi connectivity index (χ4n) is 3.10. The van der Waals surface area contributed by atoms with Gasteiger partial charge in [-0.15, -0.1) is 0 Å². The van der Waals surface area contributed by atoms with Crippen LogP contribution in [0.25, 0.3) is 0 Å².